The Labute approximate surface area is 145 Å². The van der Waals surface area contributed by atoms with Crippen molar-refractivity contribution in [1.29, 1.82) is 0 Å². The fourth-order valence-electron chi connectivity index (χ4n) is 3.16. The first-order valence-electron chi connectivity index (χ1n) is 8.55. The smallest absolute Gasteiger partial charge is 0.231 e. The Balaban J connectivity index is 1.32. The van der Waals surface area contributed by atoms with E-state index in [1.54, 1.807) is 6.20 Å². The molecule has 132 valence electrons. The number of carbonyl (C=O) groups is 1. The van der Waals surface area contributed by atoms with Crippen molar-refractivity contribution < 1.29 is 19.0 Å². The highest BCUT2D eigenvalue weighted by atomic mass is 16.7. The van der Waals surface area contributed by atoms with Gasteiger partial charge in [0.25, 0.3) is 0 Å². The van der Waals surface area contributed by atoms with Gasteiger partial charge in [0, 0.05) is 26.0 Å². The number of benzene rings is 1. The summed E-state index contributed by atoms with van der Waals surface area (Å²) in [5.41, 5.74) is 1.61. The Bertz CT molecular complexity index is 753. The molecule has 2 aromatic rings. The summed E-state index contributed by atoms with van der Waals surface area (Å²) in [4.78, 5) is 12.2. The van der Waals surface area contributed by atoms with Gasteiger partial charge in [0.15, 0.2) is 11.5 Å². The topological polar surface area (TPSA) is 74.6 Å². The van der Waals surface area contributed by atoms with Crippen LogP contribution in [0.15, 0.2) is 30.6 Å². The van der Waals surface area contributed by atoms with Gasteiger partial charge in [-0.25, -0.2) is 0 Å². The van der Waals surface area contributed by atoms with Crippen LogP contribution in [-0.2, 0) is 22.5 Å². The second kappa shape index (κ2) is 7.14. The number of rotatable bonds is 5. The van der Waals surface area contributed by atoms with E-state index in [-0.39, 0.29) is 19.1 Å². The number of nitrogens with one attached hydrogen (secondary N) is 1. The second-order valence-corrected chi connectivity index (χ2v) is 6.42. The zero-order chi connectivity index (χ0) is 17.1. The van der Waals surface area contributed by atoms with Gasteiger partial charge in [-0.3, -0.25) is 9.48 Å². The van der Waals surface area contributed by atoms with Crippen LogP contribution in [-0.4, -0.2) is 35.7 Å². The van der Waals surface area contributed by atoms with Crippen LogP contribution in [0.1, 0.15) is 18.4 Å². The summed E-state index contributed by atoms with van der Waals surface area (Å²) in [6.45, 7) is 2.74. The molecule has 1 aromatic carbocycles. The minimum atomic E-state index is -0.0792. The Morgan fingerprint density at radius 3 is 2.96 bits per heavy atom. The van der Waals surface area contributed by atoms with Gasteiger partial charge in [-0.05, 0) is 36.5 Å². The fourth-order valence-corrected chi connectivity index (χ4v) is 3.16. The van der Waals surface area contributed by atoms with Crippen LogP contribution in [0.4, 0.5) is 5.69 Å². The number of hydrogen-bond acceptors (Lipinski definition) is 5. The van der Waals surface area contributed by atoms with Crippen LogP contribution in [0.2, 0.25) is 0 Å². The number of amides is 1. The van der Waals surface area contributed by atoms with Crippen molar-refractivity contribution in [3.05, 3.63) is 36.2 Å². The maximum Gasteiger partial charge on any atom is 0.231 e. The Hall–Kier alpha value is -2.54. The van der Waals surface area contributed by atoms with Crippen LogP contribution < -0.4 is 14.8 Å². The molecule has 0 bridgehead atoms. The molecule has 25 heavy (non-hydrogen) atoms. The average Bonchev–Trinajstić information content (AvgIpc) is 3.24. The summed E-state index contributed by atoms with van der Waals surface area (Å²) >= 11 is 0. The van der Waals surface area contributed by atoms with E-state index in [0.717, 1.165) is 49.6 Å². The summed E-state index contributed by atoms with van der Waals surface area (Å²) in [5.74, 6) is 1.92. The summed E-state index contributed by atoms with van der Waals surface area (Å²) < 4.78 is 17.9. The maximum absolute atomic E-state index is 12.2. The lowest BCUT2D eigenvalue weighted by Gasteiger charge is -2.21. The number of anilines is 1. The van der Waals surface area contributed by atoms with Crippen molar-refractivity contribution in [1.82, 2.24) is 9.78 Å². The molecule has 7 nitrogen and oxygen atoms in total. The Morgan fingerprint density at radius 2 is 2.08 bits per heavy atom. The second-order valence-electron chi connectivity index (χ2n) is 6.42. The zero-order valence-electron chi connectivity index (χ0n) is 13.9. The molecule has 0 saturated carbocycles. The highest BCUT2D eigenvalue weighted by Crippen LogP contribution is 2.32. The maximum atomic E-state index is 12.2. The molecule has 0 spiro atoms. The molecular formula is C18H21N3O4. The molecule has 1 fully saturated rings. The standard InChI is InChI=1S/C18H21N3O4/c22-18(8-14-1-2-16-17(7-14)25-12-24-16)20-15-9-19-21(11-15)10-13-3-5-23-6-4-13/h1-2,7,9,11,13H,3-6,8,10,12H2,(H,20,22). The van der Waals surface area contributed by atoms with Gasteiger partial charge in [-0.15, -0.1) is 0 Å². The van der Waals surface area contributed by atoms with Crippen LogP contribution in [0.25, 0.3) is 0 Å². The van der Waals surface area contributed by atoms with Gasteiger partial charge in [-0.1, -0.05) is 6.07 Å². The molecule has 7 heteroatoms. The summed E-state index contributed by atoms with van der Waals surface area (Å²) in [7, 11) is 0. The molecule has 2 aliphatic rings. The van der Waals surface area contributed by atoms with Crippen molar-refractivity contribution in [3.8, 4) is 11.5 Å². The first-order chi connectivity index (χ1) is 12.3. The molecule has 1 amide bonds. The van der Waals surface area contributed by atoms with Crippen LogP contribution in [0, 0.1) is 5.92 Å². The largest absolute Gasteiger partial charge is 0.454 e. The molecule has 2 aliphatic heterocycles. The van der Waals surface area contributed by atoms with E-state index >= 15 is 0 Å². The monoisotopic (exact) mass is 343 g/mol. The third-order valence-electron chi connectivity index (χ3n) is 4.50. The first kappa shape index (κ1) is 16.0. The SMILES string of the molecule is O=C(Cc1ccc2c(c1)OCO2)Nc1cnn(CC2CCOCC2)c1. The number of nitrogens with zero attached hydrogens (tertiary/aromatic N) is 2. The van der Waals surface area contributed by atoms with Crippen LogP contribution >= 0.6 is 0 Å². The summed E-state index contributed by atoms with van der Waals surface area (Å²) in [6, 6.07) is 5.55. The average molecular weight is 343 g/mol. The van der Waals surface area contributed by atoms with Crippen LogP contribution in [0.3, 0.4) is 0 Å². The Kier molecular flexibility index (Phi) is 4.56. The van der Waals surface area contributed by atoms with Gasteiger partial charge in [0.1, 0.15) is 0 Å². The molecule has 4 rings (SSSR count). The third kappa shape index (κ3) is 3.93. The lowest BCUT2D eigenvalue weighted by molar-refractivity contribution is -0.115. The highest BCUT2D eigenvalue weighted by Gasteiger charge is 2.16. The molecule has 0 radical (unpaired) electrons. The molecular weight excluding hydrogens is 322 g/mol. The number of aromatic nitrogens is 2. The molecule has 0 aliphatic carbocycles. The van der Waals surface area contributed by atoms with Crippen molar-refractivity contribution >= 4 is 11.6 Å². The molecule has 1 N–H and O–H groups in total. The number of carbonyl (C=O) groups excluding carboxylic acids is 1. The van der Waals surface area contributed by atoms with Gasteiger partial charge < -0.3 is 19.5 Å². The van der Waals surface area contributed by atoms with E-state index in [4.69, 9.17) is 14.2 Å². The summed E-state index contributed by atoms with van der Waals surface area (Å²) in [6.07, 6.45) is 5.98. The van der Waals surface area contributed by atoms with E-state index in [0.29, 0.717) is 11.7 Å². The van der Waals surface area contributed by atoms with Gasteiger partial charge >= 0.3 is 0 Å². The predicted octanol–water partition coefficient (Wildman–Crippen LogP) is 2.22. The Morgan fingerprint density at radius 1 is 1.24 bits per heavy atom. The van der Waals surface area contributed by atoms with Gasteiger partial charge in [-0.2, -0.15) is 5.10 Å². The van der Waals surface area contributed by atoms with Crippen molar-refractivity contribution in [2.24, 2.45) is 5.92 Å². The van der Waals surface area contributed by atoms with Crippen LogP contribution in [0.5, 0.6) is 11.5 Å². The van der Waals surface area contributed by atoms with E-state index in [2.05, 4.69) is 10.4 Å². The minimum absolute atomic E-state index is 0.0792. The number of ether oxygens (including phenoxy) is 3. The van der Waals surface area contributed by atoms with E-state index in [9.17, 15) is 4.79 Å². The quantitative estimate of drug-likeness (QED) is 0.901. The van der Waals surface area contributed by atoms with E-state index in [1.165, 1.54) is 0 Å². The normalized spacial score (nSPS) is 16.8. The zero-order valence-corrected chi connectivity index (χ0v) is 13.9. The number of hydrogen-bond donors (Lipinski definition) is 1. The minimum Gasteiger partial charge on any atom is -0.454 e. The molecule has 0 unspecified atom stereocenters. The third-order valence-corrected chi connectivity index (χ3v) is 4.50. The molecule has 0 atom stereocenters. The molecule has 1 saturated heterocycles. The predicted molar refractivity (Wildman–Crippen MR) is 90.7 cm³/mol. The van der Waals surface area contributed by atoms with Crippen molar-refractivity contribution in [2.75, 3.05) is 25.3 Å². The first-order valence-corrected chi connectivity index (χ1v) is 8.55. The van der Waals surface area contributed by atoms with E-state index in [1.807, 2.05) is 29.1 Å². The molecule has 3 heterocycles. The highest BCUT2D eigenvalue weighted by molar-refractivity contribution is 5.92. The lowest BCUT2D eigenvalue weighted by atomic mass is 10.0. The number of fused-ring (bicyclic) bond motifs is 1. The fraction of sp³-hybridized carbons (Fsp3) is 0.444. The summed E-state index contributed by atoms with van der Waals surface area (Å²) in [5, 5.41) is 7.24. The van der Waals surface area contributed by atoms with Crippen molar-refractivity contribution in [3.63, 3.8) is 0 Å². The van der Waals surface area contributed by atoms with E-state index < -0.39 is 0 Å². The van der Waals surface area contributed by atoms with Crippen molar-refractivity contribution in [2.45, 2.75) is 25.8 Å². The van der Waals surface area contributed by atoms with Gasteiger partial charge in [0.2, 0.25) is 12.7 Å². The molecule has 1 aromatic heterocycles. The lowest BCUT2D eigenvalue weighted by Crippen LogP contribution is -2.20. The van der Waals surface area contributed by atoms with Gasteiger partial charge in [0.05, 0.1) is 18.3 Å².